The molecule has 0 aromatic rings. The zero-order valence-electron chi connectivity index (χ0n) is 5.13. The van der Waals surface area contributed by atoms with E-state index >= 15 is 0 Å². The maximum Gasteiger partial charge on any atom is 2.00 e. The molecule has 0 N–H and O–H groups in total. The van der Waals surface area contributed by atoms with Crippen LogP contribution in [0.2, 0.25) is 0 Å². The van der Waals surface area contributed by atoms with Crippen molar-refractivity contribution >= 4 is 108 Å². The van der Waals surface area contributed by atoms with Gasteiger partial charge in [0.15, 0.2) is 0 Å². The molecule has 0 rings (SSSR count). The van der Waals surface area contributed by atoms with E-state index in [1.807, 2.05) is 0 Å². The van der Waals surface area contributed by atoms with Crippen molar-refractivity contribution in [1.29, 1.82) is 0 Å². The minimum absolute atomic E-state index is 0. The van der Waals surface area contributed by atoms with Gasteiger partial charge < -0.3 is 24.4 Å². The van der Waals surface area contributed by atoms with Gasteiger partial charge in [0.05, 0.1) is 5.09 Å². The van der Waals surface area contributed by atoms with Crippen LogP contribution in [0.5, 0.6) is 0 Å². The van der Waals surface area contributed by atoms with Crippen molar-refractivity contribution in [3.8, 4) is 0 Å². The van der Waals surface area contributed by atoms with E-state index in [1.54, 1.807) is 0 Å². The van der Waals surface area contributed by atoms with Crippen LogP contribution in [0, 0.1) is 15.3 Å². The van der Waals surface area contributed by atoms with Gasteiger partial charge in [-0.3, -0.25) is 8.42 Å². The topological polar surface area (TPSA) is 146 Å². The third kappa shape index (κ3) is 260. The summed E-state index contributed by atoms with van der Waals surface area (Å²) in [5.74, 6) is 0. The molecule has 0 aliphatic carbocycles. The van der Waals surface area contributed by atoms with Gasteiger partial charge in [-0.15, -0.1) is 0 Å². The fourth-order valence-electron chi connectivity index (χ4n) is 0. The van der Waals surface area contributed by atoms with E-state index < -0.39 is 15.5 Å². The molecule has 0 saturated carbocycles. The molecule has 11 heavy (non-hydrogen) atoms. The number of nitrogens with zero attached hydrogens (tertiary/aromatic N) is 1. The Labute approximate surface area is 143 Å². The van der Waals surface area contributed by atoms with E-state index in [1.165, 1.54) is 0 Å². The van der Waals surface area contributed by atoms with Crippen LogP contribution in [-0.2, 0) is 10.4 Å². The van der Waals surface area contributed by atoms with E-state index in [2.05, 4.69) is 0 Å². The van der Waals surface area contributed by atoms with E-state index in [0.29, 0.717) is 0 Å². The van der Waals surface area contributed by atoms with Crippen LogP contribution < -0.4 is 0 Å². The van der Waals surface area contributed by atoms with Crippen LogP contribution in [0.15, 0.2) is 0 Å². The number of hydrogen-bond donors (Lipinski definition) is 0. The Morgan fingerprint density at radius 1 is 1.00 bits per heavy atom. The molecule has 0 radical (unpaired) electrons. The Morgan fingerprint density at radius 3 is 1.00 bits per heavy atom. The predicted molar refractivity (Wildman–Crippen MR) is 32.3 cm³/mol. The molecule has 0 aliphatic rings. The first kappa shape index (κ1) is 23.2. The average molecular weight is 433 g/mol. The summed E-state index contributed by atoms with van der Waals surface area (Å²) < 4.78 is 34.1. The first-order valence-electron chi connectivity index (χ1n) is 1.21. The van der Waals surface area contributed by atoms with Crippen molar-refractivity contribution < 1.29 is 22.6 Å². The minimum atomic E-state index is -5.17. The molecular weight excluding hydrogens is 433 g/mol. The Balaban J connectivity index is -0.0000000383. The van der Waals surface area contributed by atoms with E-state index in [4.69, 9.17) is 32.8 Å². The first-order valence-corrected chi connectivity index (χ1v) is 2.55. The molecule has 0 aromatic carbocycles. The van der Waals surface area contributed by atoms with Gasteiger partial charge in [0.25, 0.3) is 0 Å². The van der Waals surface area contributed by atoms with Gasteiger partial charge in [-0.25, -0.2) is 0 Å². The second kappa shape index (κ2) is 12.2. The minimum Gasteiger partial charge on any atom is -0.759 e. The largest absolute Gasteiger partial charge is 2.00 e. The first-order chi connectivity index (χ1) is 3.73. The predicted octanol–water partition coefficient (Wildman–Crippen LogP) is -2.34. The summed E-state index contributed by atoms with van der Waals surface area (Å²) in [6.45, 7) is 0. The summed E-state index contributed by atoms with van der Waals surface area (Å²) in [5, 5.41) is 14.8. The molecule has 0 spiro atoms. The summed E-state index contributed by atoms with van der Waals surface area (Å²) >= 11 is 0. The van der Waals surface area contributed by atoms with Crippen molar-refractivity contribution in [2.45, 2.75) is 0 Å². The molecule has 8 nitrogen and oxygen atoms in total. The standard InChI is InChI=1S/2Ba.NO3.H2O4S/c;;2-1(3)4;1-5(2,3)4/h;;;(H2,1,2,3,4)/q2*+2;-1;/p-2. The van der Waals surface area contributed by atoms with E-state index in [9.17, 15) is 0 Å². The maximum absolute atomic E-state index is 8.52. The van der Waals surface area contributed by atoms with Crippen molar-refractivity contribution in [2.75, 3.05) is 0 Å². The molecule has 0 amide bonds. The average Bonchev–Trinajstić information content (AvgIpc) is 1.19. The SMILES string of the molecule is O=S(=O)([O-])[O-].O=[N+]([O-])[O-].[Ba+2].[Ba+2]. The van der Waals surface area contributed by atoms with Gasteiger partial charge in [-0.1, -0.05) is 0 Å². The number of hydrogen-bond acceptors (Lipinski definition) is 7. The summed E-state index contributed by atoms with van der Waals surface area (Å²) in [6, 6.07) is 0. The third-order valence-electron chi connectivity index (χ3n) is 0. The summed E-state index contributed by atoms with van der Waals surface area (Å²) in [5.41, 5.74) is 0. The van der Waals surface area contributed by atoms with Crippen LogP contribution >= 0.6 is 0 Å². The van der Waals surface area contributed by atoms with Crippen LogP contribution in [0.4, 0.5) is 0 Å². The summed E-state index contributed by atoms with van der Waals surface area (Å²) in [7, 11) is -5.17. The van der Waals surface area contributed by atoms with Crippen LogP contribution in [0.1, 0.15) is 0 Å². The molecule has 56 valence electrons. The number of rotatable bonds is 0. The van der Waals surface area contributed by atoms with Gasteiger partial charge in [0, 0.05) is 10.4 Å². The van der Waals surface area contributed by atoms with Crippen LogP contribution in [0.25, 0.3) is 0 Å². The molecule has 0 bridgehead atoms. The molecule has 0 atom stereocenters. The Kier molecular flexibility index (Phi) is 25.8. The molecule has 0 unspecified atom stereocenters. The Hall–Kier alpha value is 2.21. The quantitative estimate of drug-likeness (QED) is 0.137. The Morgan fingerprint density at radius 2 is 1.00 bits per heavy atom. The summed E-state index contributed by atoms with van der Waals surface area (Å²) in [6.07, 6.45) is 0. The molecule has 0 heterocycles. The smallest absolute Gasteiger partial charge is 0.759 e. The fraction of sp³-hybridized carbons (Fsp3) is 0. The maximum atomic E-state index is 8.52. The fourth-order valence-corrected chi connectivity index (χ4v) is 0. The molecular formula is Ba2NO7S+. The van der Waals surface area contributed by atoms with Gasteiger partial charge in [0.2, 0.25) is 0 Å². The normalized spacial score (nSPS) is 7.45. The van der Waals surface area contributed by atoms with Gasteiger partial charge in [-0.05, 0) is 0 Å². The van der Waals surface area contributed by atoms with Crippen LogP contribution in [0.3, 0.4) is 0 Å². The zero-order valence-corrected chi connectivity index (χ0v) is 14.8. The zero-order chi connectivity index (χ0) is 8.08. The summed E-state index contributed by atoms with van der Waals surface area (Å²) in [4.78, 5) is 8.25. The molecule has 0 saturated heterocycles. The van der Waals surface area contributed by atoms with Gasteiger partial charge in [-0.2, -0.15) is 0 Å². The molecule has 0 aliphatic heterocycles. The molecule has 0 fully saturated rings. The van der Waals surface area contributed by atoms with Crippen molar-refractivity contribution in [2.24, 2.45) is 0 Å². The van der Waals surface area contributed by atoms with E-state index in [0.717, 1.165) is 0 Å². The van der Waals surface area contributed by atoms with Crippen molar-refractivity contribution in [3.05, 3.63) is 15.3 Å². The van der Waals surface area contributed by atoms with Crippen molar-refractivity contribution in [3.63, 3.8) is 0 Å². The Bertz CT molecular complexity index is 159. The van der Waals surface area contributed by atoms with Crippen LogP contribution in [-0.4, -0.2) is 120 Å². The monoisotopic (exact) mass is 434 g/mol. The second-order valence-corrected chi connectivity index (χ2v) is 1.45. The third-order valence-corrected chi connectivity index (χ3v) is 0. The second-order valence-electron chi connectivity index (χ2n) is 0.632. The van der Waals surface area contributed by atoms with E-state index in [-0.39, 0.29) is 97.8 Å². The van der Waals surface area contributed by atoms with Gasteiger partial charge >= 0.3 is 97.8 Å². The van der Waals surface area contributed by atoms with Gasteiger partial charge in [0.1, 0.15) is 0 Å². The molecule has 11 heteroatoms. The van der Waals surface area contributed by atoms with Crippen molar-refractivity contribution in [1.82, 2.24) is 0 Å². The molecule has 0 aromatic heterocycles.